The van der Waals surface area contributed by atoms with Gasteiger partial charge in [0.25, 0.3) is 0 Å². The lowest BCUT2D eigenvalue weighted by atomic mass is 10.1. The summed E-state index contributed by atoms with van der Waals surface area (Å²) in [6.45, 7) is 9.21. The van der Waals surface area contributed by atoms with Gasteiger partial charge in [-0.3, -0.25) is 4.79 Å². The predicted octanol–water partition coefficient (Wildman–Crippen LogP) is 2.62. The van der Waals surface area contributed by atoms with Gasteiger partial charge in [-0.05, 0) is 42.7 Å². The highest BCUT2D eigenvalue weighted by molar-refractivity contribution is 5.76. The molecule has 0 aliphatic carbocycles. The fourth-order valence-corrected chi connectivity index (χ4v) is 2.96. The Labute approximate surface area is 154 Å². The van der Waals surface area contributed by atoms with Gasteiger partial charge in [0.15, 0.2) is 11.6 Å². The molecule has 0 bridgehead atoms. The molecular formula is C19H26N6O. The first-order valence-corrected chi connectivity index (χ1v) is 9.07. The standard InChI is InChI=1S/C19H26N6O/c1-14(2)12-19(26)25-10-8-24(9-11-25)18-5-4-16(22-23-18)21-17-13-15(3)6-7-20-17/h4-7,13-14H,8-12H2,1-3H3,(H,20,21,22). The summed E-state index contributed by atoms with van der Waals surface area (Å²) in [7, 11) is 0. The largest absolute Gasteiger partial charge is 0.352 e. The van der Waals surface area contributed by atoms with Crippen molar-refractivity contribution in [2.24, 2.45) is 5.92 Å². The number of aryl methyl sites for hydroxylation is 1. The number of hydrogen-bond donors (Lipinski definition) is 1. The Morgan fingerprint density at radius 2 is 1.88 bits per heavy atom. The molecule has 2 aromatic heterocycles. The van der Waals surface area contributed by atoms with E-state index in [4.69, 9.17) is 0 Å². The van der Waals surface area contributed by atoms with Crippen LogP contribution in [0.2, 0.25) is 0 Å². The first kappa shape index (κ1) is 18.1. The summed E-state index contributed by atoms with van der Waals surface area (Å²) < 4.78 is 0. The Balaban J connectivity index is 1.55. The number of nitrogens with zero attached hydrogens (tertiary/aromatic N) is 5. The lowest BCUT2D eigenvalue weighted by Crippen LogP contribution is -2.49. The number of rotatable bonds is 5. The molecular weight excluding hydrogens is 328 g/mol. The van der Waals surface area contributed by atoms with Crippen molar-refractivity contribution in [2.45, 2.75) is 27.2 Å². The molecule has 0 saturated carbocycles. The molecule has 7 nitrogen and oxygen atoms in total. The summed E-state index contributed by atoms with van der Waals surface area (Å²) in [5, 5.41) is 11.7. The van der Waals surface area contributed by atoms with Crippen molar-refractivity contribution in [1.82, 2.24) is 20.1 Å². The SMILES string of the molecule is Cc1ccnc(Nc2ccc(N3CCN(C(=O)CC(C)C)CC3)nn2)c1. The molecule has 1 aliphatic rings. The van der Waals surface area contributed by atoms with Crippen molar-refractivity contribution in [3.05, 3.63) is 36.0 Å². The van der Waals surface area contributed by atoms with E-state index in [1.807, 2.05) is 36.1 Å². The lowest BCUT2D eigenvalue weighted by Gasteiger charge is -2.35. The molecule has 3 rings (SSSR count). The number of carbonyl (C=O) groups is 1. The van der Waals surface area contributed by atoms with Crippen LogP contribution < -0.4 is 10.2 Å². The van der Waals surface area contributed by atoms with E-state index in [1.54, 1.807) is 6.20 Å². The van der Waals surface area contributed by atoms with Crippen LogP contribution in [0.4, 0.5) is 17.5 Å². The average molecular weight is 354 g/mol. The maximum absolute atomic E-state index is 12.2. The van der Waals surface area contributed by atoms with Gasteiger partial charge >= 0.3 is 0 Å². The third kappa shape index (κ3) is 4.68. The zero-order valence-electron chi connectivity index (χ0n) is 15.6. The minimum atomic E-state index is 0.246. The monoisotopic (exact) mass is 354 g/mol. The van der Waals surface area contributed by atoms with E-state index in [0.717, 1.165) is 43.4 Å². The van der Waals surface area contributed by atoms with Crippen molar-refractivity contribution in [2.75, 3.05) is 36.4 Å². The van der Waals surface area contributed by atoms with Crippen LogP contribution in [0.25, 0.3) is 0 Å². The molecule has 2 aromatic rings. The molecule has 3 heterocycles. The minimum absolute atomic E-state index is 0.246. The zero-order valence-corrected chi connectivity index (χ0v) is 15.6. The van der Waals surface area contributed by atoms with E-state index in [1.165, 1.54) is 0 Å². The second-order valence-corrected chi connectivity index (χ2v) is 7.09. The smallest absolute Gasteiger partial charge is 0.222 e. The molecule has 1 fully saturated rings. The van der Waals surface area contributed by atoms with Crippen LogP contribution in [0.1, 0.15) is 25.8 Å². The molecule has 0 aromatic carbocycles. The fourth-order valence-electron chi connectivity index (χ4n) is 2.96. The number of hydrogen-bond acceptors (Lipinski definition) is 6. The highest BCUT2D eigenvalue weighted by Gasteiger charge is 2.22. The molecule has 138 valence electrons. The van der Waals surface area contributed by atoms with E-state index in [2.05, 4.69) is 39.2 Å². The number of anilines is 3. The molecule has 1 saturated heterocycles. The molecule has 1 aliphatic heterocycles. The normalized spacial score (nSPS) is 14.6. The number of amides is 1. The number of carbonyl (C=O) groups excluding carboxylic acids is 1. The van der Waals surface area contributed by atoms with Crippen LogP contribution in [0, 0.1) is 12.8 Å². The van der Waals surface area contributed by atoms with Gasteiger partial charge in [-0.2, -0.15) is 0 Å². The first-order chi connectivity index (χ1) is 12.5. The summed E-state index contributed by atoms with van der Waals surface area (Å²) in [5.41, 5.74) is 1.14. The second kappa shape index (κ2) is 8.12. The molecule has 1 amide bonds. The van der Waals surface area contributed by atoms with Gasteiger partial charge in [-0.25, -0.2) is 4.98 Å². The number of nitrogens with one attached hydrogen (secondary N) is 1. The second-order valence-electron chi connectivity index (χ2n) is 7.09. The Bertz CT molecular complexity index is 738. The summed E-state index contributed by atoms with van der Waals surface area (Å²) in [4.78, 5) is 20.5. The van der Waals surface area contributed by atoms with Crippen molar-refractivity contribution >= 4 is 23.4 Å². The third-order valence-corrected chi connectivity index (χ3v) is 4.36. The van der Waals surface area contributed by atoms with Gasteiger partial charge < -0.3 is 15.1 Å². The highest BCUT2D eigenvalue weighted by atomic mass is 16.2. The topological polar surface area (TPSA) is 74.2 Å². The van der Waals surface area contributed by atoms with Crippen molar-refractivity contribution in [3.8, 4) is 0 Å². The maximum atomic E-state index is 12.2. The van der Waals surface area contributed by atoms with Crippen LogP contribution in [0.5, 0.6) is 0 Å². The molecule has 0 radical (unpaired) electrons. The maximum Gasteiger partial charge on any atom is 0.222 e. The Kier molecular flexibility index (Phi) is 5.65. The Hall–Kier alpha value is -2.70. The van der Waals surface area contributed by atoms with E-state index in [0.29, 0.717) is 18.2 Å². The molecule has 26 heavy (non-hydrogen) atoms. The van der Waals surface area contributed by atoms with Gasteiger partial charge in [0.05, 0.1) is 0 Å². The molecule has 1 N–H and O–H groups in total. The molecule has 0 unspecified atom stereocenters. The van der Waals surface area contributed by atoms with E-state index < -0.39 is 0 Å². The zero-order chi connectivity index (χ0) is 18.5. The highest BCUT2D eigenvalue weighted by Crippen LogP contribution is 2.17. The molecule has 0 spiro atoms. The summed E-state index contributed by atoms with van der Waals surface area (Å²) >= 11 is 0. The van der Waals surface area contributed by atoms with E-state index in [-0.39, 0.29) is 5.91 Å². The van der Waals surface area contributed by atoms with Gasteiger partial charge in [-0.1, -0.05) is 13.8 Å². The minimum Gasteiger partial charge on any atom is -0.352 e. The number of pyridine rings is 1. The lowest BCUT2D eigenvalue weighted by molar-refractivity contribution is -0.132. The number of piperazine rings is 1. The summed E-state index contributed by atoms with van der Waals surface area (Å²) in [6, 6.07) is 7.77. The Morgan fingerprint density at radius 3 is 2.50 bits per heavy atom. The van der Waals surface area contributed by atoms with Gasteiger partial charge in [0, 0.05) is 38.8 Å². The summed E-state index contributed by atoms with van der Waals surface area (Å²) in [6.07, 6.45) is 2.38. The number of aromatic nitrogens is 3. The van der Waals surface area contributed by atoms with Crippen molar-refractivity contribution in [3.63, 3.8) is 0 Å². The van der Waals surface area contributed by atoms with Crippen LogP contribution in [-0.4, -0.2) is 52.2 Å². The van der Waals surface area contributed by atoms with Gasteiger partial charge in [0.1, 0.15) is 5.82 Å². The Morgan fingerprint density at radius 1 is 1.12 bits per heavy atom. The van der Waals surface area contributed by atoms with Crippen LogP contribution in [0.15, 0.2) is 30.5 Å². The van der Waals surface area contributed by atoms with E-state index >= 15 is 0 Å². The van der Waals surface area contributed by atoms with Crippen molar-refractivity contribution < 1.29 is 4.79 Å². The molecule has 7 heteroatoms. The molecule has 0 atom stereocenters. The van der Waals surface area contributed by atoms with Gasteiger partial charge in [-0.15, -0.1) is 10.2 Å². The van der Waals surface area contributed by atoms with Crippen molar-refractivity contribution in [1.29, 1.82) is 0 Å². The third-order valence-electron chi connectivity index (χ3n) is 4.36. The quantitative estimate of drug-likeness (QED) is 0.890. The predicted molar refractivity (Wildman–Crippen MR) is 103 cm³/mol. The van der Waals surface area contributed by atoms with E-state index in [9.17, 15) is 4.79 Å². The first-order valence-electron chi connectivity index (χ1n) is 9.07. The fraction of sp³-hybridized carbons (Fsp3) is 0.474. The average Bonchev–Trinajstić information content (AvgIpc) is 2.62. The summed E-state index contributed by atoms with van der Waals surface area (Å²) in [5.74, 6) is 2.90. The van der Waals surface area contributed by atoms with Crippen LogP contribution in [0.3, 0.4) is 0 Å². The van der Waals surface area contributed by atoms with Gasteiger partial charge in [0.2, 0.25) is 5.91 Å². The van der Waals surface area contributed by atoms with Crippen LogP contribution >= 0.6 is 0 Å². The van der Waals surface area contributed by atoms with Crippen LogP contribution in [-0.2, 0) is 4.79 Å².